The van der Waals surface area contributed by atoms with Gasteiger partial charge in [0, 0.05) is 0 Å². The summed E-state index contributed by atoms with van der Waals surface area (Å²) < 4.78 is 0. The SMILES string of the molecule is Cc1cc(C(O)C(O)C(=O)O)ccc1O. The number of phenols is 1. The molecule has 0 amide bonds. The second kappa shape index (κ2) is 4.29. The Hall–Kier alpha value is -1.59. The fourth-order valence-electron chi connectivity index (χ4n) is 1.18. The number of aryl methyl sites for hydroxylation is 1. The molecule has 0 spiro atoms. The van der Waals surface area contributed by atoms with E-state index in [4.69, 9.17) is 10.2 Å². The van der Waals surface area contributed by atoms with E-state index in [1.165, 1.54) is 18.2 Å². The Kier molecular flexibility index (Phi) is 3.28. The summed E-state index contributed by atoms with van der Waals surface area (Å²) in [5, 5.41) is 36.2. The van der Waals surface area contributed by atoms with Crippen LogP contribution in [0.4, 0.5) is 0 Å². The topological polar surface area (TPSA) is 98.0 Å². The maximum absolute atomic E-state index is 10.4. The van der Waals surface area contributed by atoms with E-state index in [0.717, 1.165) is 0 Å². The van der Waals surface area contributed by atoms with Crippen LogP contribution in [0.3, 0.4) is 0 Å². The lowest BCUT2D eigenvalue weighted by Crippen LogP contribution is -2.27. The van der Waals surface area contributed by atoms with Crippen LogP contribution in [0.1, 0.15) is 17.2 Å². The quantitative estimate of drug-likeness (QED) is 0.573. The molecule has 1 aromatic carbocycles. The Bertz CT molecular complexity index is 374. The van der Waals surface area contributed by atoms with Gasteiger partial charge >= 0.3 is 5.97 Å². The fourth-order valence-corrected chi connectivity index (χ4v) is 1.18. The number of aliphatic hydroxyl groups excluding tert-OH is 2. The molecule has 1 rings (SSSR count). The largest absolute Gasteiger partial charge is 0.508 e. The Labute approximate surface area is 86.2 Å². The van der Waals surface area contributed by atoms with Gasteiger partial charge in [0.25, 0.3) is 0 Å². The zero-order valence-electron chi connectivity index (χ0n) is 8.08. The van der Waals surface area contributed by atoms with Gasteiger partial charge in [0.2, 0.25) is 0 Å². The van der Waals surface area contributed by atoms with Gasteiger partial charge < -0.3 is 20.4 Å². The predicted molar refractivity (Wildman–Crippen MR) is 51.4 cm³/mol. The normalized spacial score (nSPS) is 14.6. The molecule has 0 fully saturated rings. The number of aliphatic carboxylic acids is 1. The summed E-state index contributed by atoms with van der Waals surface area (Å²) in [6.07, 6.45) is -3.37. The van der Waals surface area contributed by atoms with Gasteiger partial charge in [0.15, 0.2) is 6.10 Å². The minimum absolute atomic E-state index is 0.0516. The summed E-state index contributed by atoms with van der Waals surface area (Å²) in [6.45, 7) is 1.61. The second-order valence-corrected chi connectivity index (χ2v) is 3.27. The molecular weight excluding hydrogens is 200 g/mol. The number of phenolic OH excluding ortho intramolecular Hbond substituents is 1. The van der Waals surface area contributed by atoms with Crippen LogP contribution in [-0.2, 0) is 4.79 Å². The molecule has 15 heavy (non-hydrogen) atoms. The number of rotatable bonds is 3. The molecule has 0 aromatic heterocycles. The first-order chi connectivity index (χ1) is 6.93. The van der Waals surface area contributed by atoms with Gasteiger partial charge in [0.05, 0.1) is 0 Å². The van der Waals surface area contributed by atoms with Crippen LogP contribution in [-0.4, -0.2) is 32.5 Å². The van der Waals surface area contributed by atoms with Crippen LogP contribution in [0.15, 0.2) is 18.2 Å². The van der Waals surface area contributed by atoms with Crippen LogP contribution in [0.5, 0.6) is 5.75 Å². The average molecular weight is 212 g/mol. The second-order valence-electron chi connectivity index (χ2n) is 3.27. The standard InChI is InChI=1S/C10H12O5/c1-5-4-6(2-3-7(5)11)8(12)9(13)10(14)15/h2-4,8-9,11-13H,1H3,(H,14,15). The maximum Gasteiger partial charge on any atom is 0.335 e. The lowest BCUT2D eigenvalue weighted by Gasteiger charge is -2.15. The van der Waals surface area contributed by atoms with Crippen molar-refractivity contribution in [3.8, 4) is 5.75 Å². The molecule has 0 saturated heterocycles. The summed E-state index contributed by atoms with van der Waals surface area (Å²) in [5.41, 5.74) is 0.754. The van der Waals surface area contributed by atoms with Crippen molar-refractivity contribution in [2.75, 3.05) is 0 Å². The van der Waals surface area contributed by atoms with Gasteiger partial charge in [-0.2, -0.15) is 0 Å². The van der Waals surface area contributed by atoms with E-state index in [1.54, 1.807) is 6.92 Å². The molecule has 0 bridgehead atoms. The monoisotopic (exact) mass is 212 g/mol. The highest BCUT2D eigenvalue weighted by molar-refractivity contribution is 5.73. The molecule has 0 aliphatic rings. The van der Waals surface area contributed by atoms with Crippen molar-refractivity contribution in [3.05, 3.63) is 29.3 Å². The Morgan fingerprint density at radius 2 is 1.93 bits per heavy atom. The fraction of sp³-hybridized carbons (Fsp3) is 0.300. The van der Waals surface area contributed by atoms with E-state index in [0.29, 0.717) is 5.56 Å². The molecule has 0 saturated carbocycles. The van der Waals surface area contributed by atoms with Crippen molar-refractivity contribution in [2.45, 2.75) is 19.1 Å². The van der Waals surface area contributed by atoms with Crippen molar-refractivity contribution >= 4 is 5.97 Å². The molecule has 0 aliphatic carbocycles. The van der Waals surface area contributed by atoms with Gasteiger partial charge in [-0.1, -0.05) is 6.07 Å². The number of hydrogen-bond acceptors (Lipinski definition) is 4. The Balaban J connectivity index is 2.96. The number of hydrogen-bond donors (Lipinski definition) is 4. The lowest BCUT2D eigenvalue weighted by molar-refractivity contribution is -0.153. The van der Waals surface area contributed by atoms with Gasteiger partial charge in [-0.25, -0.2) is 4.79 Å². The van der Waals surface area contributed by atoms with Crippen LogP contribution >= 0.6 is 0 Å². The third-order valence-corrected chi connectivity index (χ3v) is 2.11. The third-order valence-electron chi connectivity index (χ3n) is 2.11. The van der Waals surface area contributed by atoms with Crippen molar-refractivity contribution < 1.29 is 25.2 Å². The molecular formula is C10H12O5. The lowest BCUT2D eigenvalue weighted by atomic mass is 10.0. The first-order valence-corrected chi connectivity index (χ1v) is 4.32. The zero-order chi connectivity index (χ0) is 11.6. The number of benzene rings is 1. The summed E-state index contributed by atoms with van der Waals surface area (Å²) in [6, 6.07) is 4.12. The van der Waals surface area contributed by atoms with Crippen LogP contribution in [0, 0.1) is 6.92 Å². The molecule has 0 heterocycles. The molecule has 0 aliphatic heterocycles. The molecule has 2 unspecified atom stereocenters. The average Bonchev–Trinajstić information content (AvgIpc) is 2.19. The molecule has 5 nitrogen and oxygen atoms in total. The first kappa shape index (κ1) is 11.5. The van der Waals surface area contributed by atoms with E-state index in [2.05, 4.69) is 0 Å². The maximum atomic E-state index is 10.4. The van der Waals surface area contributed by atoms with Crippen LogP contribution in [0.25, 0.3) is 0 Å². The highest BCUT2D eigenvalue weighted by atomic mass is 16.4. The summed E-state index contributed by atoms with van der Waals surface area (Å²) >= 11 is 0. The predicted octanol–water partition coefficient (Wildman–Crippen LogP) is 0.180. The van der Waals surface area contributed by atoms with E-state index in [1.807, 2.05) is 0 Å². The van der Waals surface area contributed by atoms with Crippen molar-refractivity contribution in [1.29, 1.82) is 0 Å². The summed E-state index contributed by atoms with van der Waals surface area (Å²) in [4.78, 5) is 10.4. The third kappa shape index (κ3) is 2.45. The summed E-state index contributed by atoms with van der Waals surface area (Å²) in [7, 11) is 0. The first-order valence-electron chi connectivity index (χ1n) is 4.32. The molecule has 0 radical (unpaired) electrons. The minimum Gasteiger partial charge on any atom is -0.508 e. The minimum atomic E-state index is -1.87. The number of aromatic hydroxyl groups is 1. The van der Waals surface area contributed by atoms with E-state index >= 15 is 0 Å². The van der Waals surface area contributed by atoms with Crippen molar-refractivity contribution in [2.24, 2.45) is 0 Å². The van der Waals surface area contributed by atoms with Crippen molar-refractivity contribution in [3.63, 3.8) is 0 Å². The van der Waals surface area contributed by atoms with Crippen LogP contribution < -0.4 is 0 Å². The van der Waals surface area contributed by atoms with E-state index < -0.39 is 18.2 Å². The number of carboxylic acids is 1. The number of carbonyl (C=O) groups is 1. The van der Waals surface area contributed by atoms with Crippen molar-refractivity contribution in [1.82, 2.24) is 0 Å². The number of carboxylic acid groups (broad SMARTS) is 1. The summed E-state index contributed by atoms with van der Waals surface area (Å²) in [5.74, 6) is -1.44. The van der Waals surface area contributed by atoms with Gasteiger partial charge in [-0.3, -0.25) is 0 Å². The van der Waals surface area contributed by atoms with Crippen LogP contribution in [0.2, 0.25) is 0 Å². The molecule has 1 aromatic rings. The zero-order valence-corrected chi connectivity index (χ0v) is 8.08. The smallest absolute Gasteiger partial charge is 0.335 e. The van der Waals surface area contributed by atoms with Gasteiger partial charge in [0.1, 0.15) is 11.9 Å². The molecule has 5 heteroatoms. The molecule has 2 atom stereocenters. The van der Waals surface area contributed by atoms with Gasteiger partial charge in [-0.05, 0) is 30.2 Å². The molecule has 4 N–H and O–H groups in total. The highest BCUT2D eigenvalue weighted by Gasteiger charge is 2.25. The molecule has 82 valence electrons. The highest BCUT2D eigenvalue weighted by Crippen LogP contribution is 2.23. The van der Waals surface area contributed by atoms with E-state index in [9.17, 15) is 15.0 Å². The Morgan fingerprint density at radius 3 is 2.40 bits per heavy atom. The Morgan fingerprint density at radius 1 is 1.33 bits per heavy atom. The van der Waals surface area contributed by atoms with E-state index in [-0.39, 0.29) is 11.3 Å². The number of aliphatic hydroxyl groups is 2. The van der Waals surface area contributed by atoms with Gasteiger partial charge in [-0.15, -0.1) is 0 Å².